The topological polar surface area (TPSA) is 52.6 Å². The zero-order valence-corrected chi connectivity index (χ0v) is 21.7. The predicted molar refractivity (Wildman–Crippen MR) is 135 cm³/mol. The SMILES string of the molecule is CCCCCCCCCOC(=O)CCCCCCCCC(=O)OCCCCCCCCCl. The summed E-state index contributed by atoms with van der Waals surface area (Å²) >= 11 is 5.66. The molecule has 5 heteroatoms. The minimum Gasteiger partial charge on any atom is -0.466 e. The molecule has 0 amide bonds. The third kappa shape index (κ3) is 25.5. The van der Waals surface area contributed by atoms with Crippen molar-refractivity contribution < 1.29 is 19.1 Å². The average Bonchev–Trinajstić information content (AvgIpc) is 2.79. The lowest BCUT2D eigenvalue weighted by molar-refractivity contribution is -0.144. The number of esters is 2. The number of carbonyl (C=O) groups is 2. The van der Waals surface area contributed by atoms with Crippen molar-refractivity contribution in [3.8, 4) is 0 Å². The lowest BCUT2D eigenvalue weighted by atomic mass is 10.1. The van der Waals surface area contributed by atoms with Gasteiger partial charge in [0.1, 0.15) is 0 Å². The molecule has 0 atom stereocenters. The van der Waals surface area contributed by atoms with E-state index < -0.39 is 0 Å². The van der Waals surface area contributed by atoms with Crippen LogP contribution in [-0.2, 0) is 19.1 Å². The molecular weight excluding hydrogens is 424 g/mol. The summed E-state index contributed by atoms with van der Waals surface area (Å²) in [6, 6.07) is 0. The molecule has 0 aliphatic rings. The Morgan fingerprint density at radius 1 is 0.500 bits per heavy atom. The van der Waals surface area contributed by atoms with Gasteiger partial charge in [-0.05, 0) is 32.1 Å². The van der Waals surface area contributed by atoms with Crippen LogP contribution in [0.1, 0.15) is 142 Å². The zero-order chi connectivity index (χ0) is 23.5. The Kier molecular flexibility index (Phi) is 25.8. The van der Waals surface area contributed by atoms with E-state index in [4.69, 9.17) is 21.1 Å². The van der Waals surface area contributed by atoms with Gasteiger partial charge in [-0.2, -0.15) is 0 Å². The molecule has 0 rings (SSSR count). The molecule has 190 valence electrons. The van der Waals surface area contributed by atoms with Gasteiger partial charge in [-0.1, -0.05) is 96.8 Å². The van der Waals surface area contributed by atoms with E-state index in [2.05, 4.69) is 6.92 Å². The van der Waals surface area contributed by atoms with Crippen LogP contribution in [0.5, 0.6) is 0 Å². The summed E-state index contributed by atoms with van der Waals surface area (Å²) < 4.78 is 10.6. The first-order chi connectivity index (χ1) is 15.7. The second kappa shape index (κ2) is 26.5. The van der Waals surface area contributed by atoms with Crippen molar-refractivity contribution in [2.75, 3.05) is 19.1 Å². The summed E-state index contributed by atoms with van der Waals surface area (Å²) in [4.78, 5) is 23.5. The Hall–Kier alpha value is -0.770. The summed E-state index contributed by atoms with van der Waals surface area (Å²) in [6.07, 6.45) is 22.7. The van der Waals surface area contributed by atoms with Gasteiger partial charge in [0.2, 0.25) is 0 Å². The van der Waals surface area contributed by atoms with Crippen molar-refractivity contribution >= 4 is 23.5 Å². The normalized spacial score (nSPS) is 10.9. The third-order valence-corrected chi connectivity index (χ3v) is 6.08. The Balaban J connectivity index is 3.25. The van der Waals surface area contributed by atoms with E-state index in [1.807, 2.05) is 0 Å². The summed E-state index contributed by atoms with van der Waals surface area (Å²) in [5.41, 5.74) is 0. The Morgan fingerprint density at radius 2 is 0.844 bits per heavy atom. The third-order valence-electron chi connectivity index (χ3n) is 5.81. The summed E-state index contributed by atoms with van der Waals surface area (Å²) in [6.45, 7) is 3.37. The molecule has 0 bridgehead atoms. The van der Waals surface area contributed by atoms with E-state index in [0.717, 1.165) is 70.1 Å². The van der Waals surface area contributed by atoms with Gasteiger partial charge in [0.25, 0.3) is 0 Å². The molecular formula is C27H51ClO4. The van der Waals surface area contributed by atoms with Gasteiger partial charge in [0.05, 0.1) is 13.2 Å². The van der Waals surface area contributed by atoms with Crippen LogP contribution in [0.25, 0.3) is 0 Å². The quantitative estimate of drug-likeness (QED) is 0.0755. The number of carbonyl (C=O) groups excluding carboxylic acids is 2. The minimum absolute atomic E-state index is 0.0472. The van der Waals surface area contributed by atoms with Gasteiger partial charge in [0.15, 0.2) is 0 Å². The van der Waals surface area contributed by atoms with Crippen molar-refractivity contribution in [1.29, 1.82) is 0 Å². The fourth-order valence-corrected chi connectivity index (χ4v) is 3.91. The molecule has 0 unspecified atom stereocenters. The molecule has 0 saturated carbocycles. The van der Waals surface area contributed by atoms with Crippen LogP contribution in [0, 0.1) is 0 Å². The van der Waals surface area contributed by atoms with Crippen molar-refractivity contribution in [3.63, 3.8) is 0 Å². The van der Waals surface area contributed by atoms with Crippen LogP contribution < -0.4 is 0 Å². The first kappa shape index (κ1) is 31.2. The Morgan fingerprint density at radius 3 is 1.25 bits per heavy atom. The van der Waals surface area contributed by atoms with Crippen LogP contribution in [0.15, 0.2) is 0 Å². The molecule has 32 heavy (non-hydrogen) atoms. The average molecular weight is 475 g/mol. The highest BCUT2D eigenvalue weighted by Gasteiger charge is 2.04. The van der Waals surface area contributed by atoms with Gasteiger partial charge in [-0.3, -0.25) is 9.59 Å². The number of hydrogen-bond donors (Lipinski definition) is 0. The monoisotopic (exact) mass is 474 g/mol. The summed E-state index contributed by atoms with van der Waals surface area (Å²) in [5, 5.41) is 0. The lowest BCUT2D eigenvalue weighted by Gasteiger charge is -2.06. The highest BCUT2D eigenvalue weighted by atomic mass is 35.5. The summed E-state index contributed by atoms with van der Waals surface area (Å²) in [5.74, 6) is 0.649. The second-order valence-corrected chi connectivity index (χ2v) is 9.37. The van der Waals surface area contributed by atoms with Crippen molar-refractivity contribution in [1.82, 2.24) is 0 Å². The first-order valence-corrected chi connectivity index (χ1v) is 14.1. The molecule has 4 nitrogen and oxygen atoms in total. The molecule has 0 aromatic heterocycles. The van der Waals surface area contributed by atoms with E-state index in [1.54, 1.807) is 0 Å². The van der Waals surface area contributed by atoms with Gasteiger partial charge >= 0.3 is 11.9 Å². The highest BCUT2D eigenvalue weighted by molar-refractivity contribution is 6.17. The molecule has 0 spiro atoms. The van der Waals surface area contributed by atoms with Gasteiger partial charge in [0, 0.05) is 18.7 Å². The molecule has 0 aliphatic heterocycles. The van der Waals surface area contributed by atoms with Crippen LogP contribution in [-0.4, -0.2) is 31.0 Å². The standard InChI is InChI=1S/C27H51ClO4/c1-2-3-4-5-9-14-19-24-31-26(29)21-16-11-6-7-12-17-22-27(30)32-25-20-15-10-8-13-18-23-28/h2-25H2,1H3. The molecule has 0 aliphatic carbocycles. The Labute approximate surface area is 203 Å². The molecule has 0 fully saturated rings. The maximum Gasteiger partial charge on any atom is 0.305 e. The molecule has 0 N–H and O–H groups in total. The molecule has 0 aromatic rings. The van der Waals surface area contributed by atoms with Crippen molar-refractivity contribution in [3.05, 3.63) is 0 Å². The van der Waals surface area contributed by atoms with E-state index >= 15 is 0 Å². The van der Waals surface area contributed by atoms with Crippen molar-refractivity contribution in [2.45, 2.75) is 142 Å². The van der Waals surface area contributed by atoms with E-state index in [0.29, 0.717) is 26.1 Å². The Bertz CT molecular complexity index is 376. The van der Waals surface area contributed by atoms with Crippen LogP contribution in [0.4, 0.5) is 0 Å². The van der Waals surface area contributed by atoms with Crippen LogP contribution >= 0.6 is 11.6 Å². The number of halogens is 1. The fourth-order valence-electron chi connectivity index (χ4n) is 3.72. The number of hydrogen-bond acceptors (Lipinski definition) is 4. The van der Waals surface area contributed by atoms with Crippen LogP contribution in [0.3, 0.4) is 0 Å². The predicted octanol–water partition coefficient (Wildman–Crippen LogP) is 8.52. The molecule has 0 aromatic carbocycles. The smallest absolute Gasteiger partial charge is 0.305 e. The summed E-state index contributed by atoms with van der Waals surface area (Å²) in [7, 11) is 0. The van der Waals surface area contributed by atoms with Crippen LogP contribution in [0.2, 0.25) is 0 Å². The highest BCUT2D eigenvalue weighted by Crippen LogP contribution is 2.11. The maximum atomic E-state index is 11.7. The fraction of sp³-hybridized carbons (Fsp3) is 0.926. The van der Waals surface area contributed by atoms with Crippen molar-refractivity contribution in [2.24, 2.45) is 0 Å². The lowest BCUT2D eigenvalue weighted by Crippen LogP contribution is -2.06. The van der Waals surface area contributed by atoms with E-state index in [9.17, 15) is 9.59 Å². The zero-order valence-electron chi connectivity index (χ0n) is 21.0. The number of alkyl halides is 1. The molecule has 0 radical (unpaired) electrons. The maximum absolute atomic E-state index is 11.7. The van der Waals surface area contributed by atoms with E-state index in [1.165, 1.54) is 57.8 Å². The van der Waals surface area contributed by atoms with Gasteiger partial charge < -0.3 is 9.47 Å². The van der Waals surface area contributed by atoms with Gasteiger partial charge in [-0.25, -0.2) is 0 Å². The number of rotatable bonds is 25. The minimum atomic E-state index is -0.0594. The number of unbranched alkanes of at least 4 members (excludes halogenated alkanes) is 16. The second-order valence-electron chi connectivity index (χ2n) is 8.99. The number of ether oxygens (including phenoxy) is 2. The van der Waals surface area contributed by atoms with Gasteiger partial charge in [-0.15, -0.1) is 11.6 Å². The largest absolute Gasteiger partial charge is 0.466 e. The first-order valence-electron chi connectivity index (χ1n) is 13.6. The van der Waals surface area contributed by atoms with E-state index in [-0.39, 0.29) is 11.9 Å². The molecule has 0 saturated heterocycles. The molecule has 0 heterocycles.